The van der Waals surface area contributed by atoms with E-state index < -0.39 is 61.5 Å². The average molecular weight is 910 g/mol. The summed E-state index contributed by atoms with van der Waals surface area (Å²) < 4.78 is 11.2. The highest BCUT2D eigenvalue weighted by Gasteiger charge is 2.44. The molecule has 0 spiro atoms. The molecule has 0 aromatic heterocycles. The van der Waals surface area contributed by atoms with Crippen LogP contribution in [0.5, 0.6) is 0 Å². The van der Waals surface area contributed by atoms with Crippen LogP contribution in [0.3, 0.4) is 0 Å². The number of rotatable bonds is 46. The number of unbranched alkanes of at least 4 members (excludes halogenated alkanes) is 31. The Balaban J connectivity index is 2.24. The van der Waals surface area contributed by atoms with Gasteiger partial charge in [-0.15, -0.1) is 0 Å². The van der Waals surface area contributed by atoms with Crippen molar-refractivity contribution in [2.75, 3.05) is 13.2 Å². The Labute approximate surface area is 392 Å². The molecule has 1 heterocycles. The third kappa shape index (κ3) is 33.2. The summed E-state index contributed by atoms with van der Waals surface area (Å²) in [5.74, 6) is -0.585. The zero-order chi connectivity index (χ0) is 46.7. The van der Waals surface area contributed by atoms with Crippen molar-refractivity contribution in [3.63, 3.8) is 0 Å². The monoisotopic (exact) mass is 910 g/mol. The second-order valence-corrected chi connectivity index (χ2v) is 19.2. The Morgan fingerprint density at radius 1 is 0.531 bits per heavy atom. The van der Waals surface area contributed by atoms with Crippen LogP contribution in [0.25, 0.3) is 0 Å². The van der Waals surface area contributed by atoms with Crippen LogP contribution < -0.4 is 5.32 Å². The summed E-state index contributed by atoms with van der Waals surface area (Å²) in [6.07, 6.45) is 43.8. The smallest absolute Gasteiger partial charge is 0.249 e. The largest absolute Gasteiger partial charge is 0.394 e. The summed E-state index contributed by atoms with van der Waals surface area (Å²) in [6.45, 7) is 3.68. The molecule has 1 fully saturated rings. The molecule has 1 saturated heterocycles. The highest BCUT2D eigenvalue weighted by atomic mass is 16.7. The minimum atomic E-state index is -1.60. The van der Waals surface area contributed by atoms with Gasteiger partial charge in [-0.1, -0.05) is 231 Å². The molecule has 0 saturated carbocycles. The minimum absolute atomic E-state index is 0.255. The van der Waals surface area contributed by atoms with E-state index in [1.807, 2.05) is 0 Å². The molecule has 1 aliphatic heterocycles. The van der Waals surface area contributed by atoms with E-state index in [0.29, 0.717) is 12.8 Å². The van der Waals surface area contributed by atoms with Gasteiger partial charge in [-0.25, -0.2) is 0 Å². The Hall–Kier alpha value is -1.37. The Bertz CT molecular complexity index is 1070. The van der Waals surface area contributed by atoms with Crippen molar-refractivity contribution < 1.29 is 44.9 Å². The van der Waals surface area contributed by atoms with Crippen LogP contribution in [-0.4, -0.2) is 98.7 Å². The first-order valence-electron chi connectivity index (χ1n) is 27.1. The summed E-state index contributed by atoms with van der Waals surface area (Å²) >= 11 is 0. The molecule has 1 amide bonds. The van der Waals surface area contributed by atoms with Crippen molar-refractivity contribution in [3.8, 4) is 0 Å². The number of hydrogen-bond acceptors (Lipinski definition) is 9. The summed E-state index contributed by atoms with van der Waals surface area (Å²) in [5.41, 5.74) is 0. The van der Waals surface area contributed by atoms with Crippen LogP contribution >= 0.6 is 0 Å². The van der Waals surface area contributed by atoms with E-state index in [0.717, 1.165) is 57.8 Å². The molecule has 7 N–H and O–H groups in total. The van der Waals surface area contributed by atoms with Gasteiger partial charge in [-0.05, 0) is 44.9 Å². The minimum Gasteiger partial charge on any atom is -0.394 e. The van der Waals surface area contributed by atoms with Crippen LogP contribution in [0.4, 0.5) is 0 Å². The lowest BCUT2D eigenvalue weighted by Crippen LogP contribution is -2.60. The molecule has 10 heteroatoms. The van der Waals surface area contributed by atoms with Crippen LogP contribution in [-0.2, 0) is 14.3 Å². The quantitative estimate of drug-likeness (QED) is 0.0232. The average Bonchev–Trinajstić information content (AvgIpc) is 3.29. The number of hydrogen-bond donors (Lipinski definition) is 7. The number of allylic oxidation sites excluding steroid dienone is 4. The van der Waals surface area contributed by atoms with Gasteiger partial charge in [0, 0.05) is 0 Å². The zero-order valence-electron chi connectivity index (χ0n) is 41.4. The van der Waals surface area contributed by atoms with Gasteiger partial charge in [0.2, 0.25) is 5.91 Å². The van der Waals surface area contributed by atoms with E-state index in [-0.39, 0.29) is 6.61 Å². The van der Waals surface area contributed by atoms with Crippen molar-refractivity contribution in [3.05, 3.63) is 24.3 Å². The van der Waals surface area contributed by atoms with Gasteiger partial charge in [-0.3, -0.25) is 4.79 Å². The number of carbonyl (C=O) groups excluding carboxylic acids is 1. The highest BCUT2D eigenvalue weighted by Crippen LogP contribution is 2.23. The molecule has 0 aliphatic carbocycles. The number of amides is 1. The van der Waals surface area contributed by atoms with E-state index in [1.165, 1.54) is 167 Å². The van der Waals surface area contributed by atoms with Gasteiger partial charge in [0.1, 0.15) is 30.5 Å². The maximum atomic E-state index is 13.1. The van der Waals surface area contributed by atoms with E-state index >= 15 is 0 Å². The third-order valence-electron chi connectivity index (χ3n) is 13.2. The second-order valence-electron chi connectivity index (χ2n) is 19.2. The number of ether oxygens (including phenoxy) is 2. The van der Waals surface area contributed by atoms with Crippen LogP contribution in [0.1, 0.15) is 251 Å². The van der Waals surface area contributed by atoms with Gasteiger partial charge >= 0.3 is 0 Å². The Morgan fingerprint density at radius 2 is 0.922 bits per heavy atom. The molecular formula is C54H103NO9. The Morgan fingerprint density at radius 3 is 1.34 bits per heavy atom. The van der Waals surface area contributed by atoms with E-state index in [9.17, 15) is 35.4 Å². The normalized spacial score (nSPS) is 20.7. The SMILES string of the molecule is CCCCCCCCCCC/C=C\C/C=C\CCCCCCCCCCCCC(O)C(=O)NC(COC1OC(CO)C(O)C(O)C1O)C(O)CCCCCCCCCCCCCCC. The van der Waals surface area contributed by atoms with Crippen molar-refractivity contribution in [1.82, 2.24) is 5.32 Å². The van der Waals surface area contributed by atoms with E-state index in [4.69, 9.17) is 9.47 Å². The van der Waals surface area contributed by atoms with Crippen LogP contribution in [0.2, 0.25) is 0 Å². The third-order valence-corrected chi connectivity index (χ3v) is 13.2. The van der Waals surface area contributed by atoms with Crippen molar-refractivity contribution in [1.29, 1.82) is 0 Å². The molecule has 1 rings (SSSR count). The highest BCUT2D eigenvalue weighted by molar-refractivity contribution is 5.80. The van der Waals surface area contributed by atoms with E-state index in [1.54, 1.807) is 0 Å². The zero-order valence-corrected chi connectivity index (χ0v) is 41.4. The maximum Gasteiger partial charge on any atom is 0.249 e. The topological polar surface area (TPSA) is 169 Å². The van der Waals surface area contributed by atoms with Gasteiger partial charge in [-0.2, -0.15) is 0 Å². The lowest BCUT2D eigenvalue weighted by atomic mass is 9.99. The molecule has 10 nitrogen and oxygen atoms in total. The first-order valence-corrected chi connectivity index (χ1v) is 27.1. The Kier molecular flexibility index (Phi) is 41.8. The molecule has 1 aliphatic rings. The summed E-state index contributed by atoms with van der Waals surface area (Å²) in [4.78, 5) is 13.1. The first-order chi connectivity index (χ1) is 31.3. The molecule has 0 aromatic rings. The van der Waals surface area contributed by atoms with E-state index in [2.05, 4.69) is 43.5 Å². The predicted octanol–water partition coefficient (Wildman–Crippen LogP) is 11.6. The van der Waals surface area contributed by atoms with Gasteiger partial charge < -0.3 is 45.4 Å². The fourth-order valence-corrected chi connectivity index (χ4v) is 8.73. The summed E-state index contributed by atoms with van der Waals surface area (Å²) in [5, 5.41) is 65.0. The molecule has 8 atom stereocenters. The lowest BCUT2D eigenvalue weighted by Gasteiger charge is -2.40. The fourth-order valence-electron chi connectivity index (χ4n) is 8.73. The van der Waals surface area contributed by atoms with Gasteiger partial charge in [0.15, 0.2) is 6.29 Å². The number of nitrogens with one attached hydrogen (secondary N) is 1. The van der Waals surface area contributed by atoms with Gasteiger partial charge in [0.25, 0.3) is 0 Å². The summed E-state index contributed by atoms with van der Waals surface area (Å²) in [6, 6.07) is -0.894. The van der Waals surface area contributed by atoms with Crippen molar-refractivity contribution in [2.24, 2.45) is 0 Å². The summed E-state index contributed by atoms with van der Waals surface area (Å²) in [7, 11) is 0. The van der Waals surface area contributed by atoms with Crippen LogP contribution in [0, 0.1) is 0 Å². The van der Waals surface area contributed by atoms with Crippen molar-refractivity contribution in [2.45, 2.75) is 300 Å². The molecule has 64 heavy (non-hydrogen) atoms. The molecule has 0 bridgehead atoms. The molecule has 378 valence electrons. The fraction of sp³-hybridized carbons (Fsp3) is 0.907. The standard InChI is InChI=1S/C54H103NO9/c1-3-5-7-9-11-13-15-17-18-19-20-21-22-23-24-25-26-27-28-29-31-33-35-37-39-41-43-48(58)53(62)55-46(45-63-54-52(61)51(60)50(59)49(44-56)64-54)47(57)42-40-38-36-34-32-30-16-14-12-10-8-6-4-2/h20-21,23-24,46-52,54,56-61H,3-19,22,25-45H2,1-2H3,(H,55,62)/b21-20-,24-23-. The van der Waals surface area contributed by atoms with Crippen molar-refractivity contribution >= 4 is 5.91 Å². The number of aliphatic hydroxyl groups is 6. The predicted molar refractivity (Wildman–Crippen MR) is 264 cm³/mol. The number of aliphatic hydroxyl groups excluding tert-OH is 6. The first kappa shape index (κ1) is 60.6. The van der Waals surface area contributed by atoms with Gasteiger partial charge in [0.05, 0.1) is 25.4 Å². The molecule has 8 unspecified atom stereocenters. The van der Waals surface area contributed by atoms with Crippen LogP contribution in [0.15, 0.2) is 24.3 Å². The second kappa shape index (κ2) is 44.2. The maximum absolute atomic E-state index is 13.1. The lowest BCUT2D eigenvalue weighted by molar-refractivity contribution is -0.302. The number of carbonyl (C=O) groups is 1. The molecular weight excluding hydrogens is 807 g/mol. The molecule has 0 radical (unpaired) electrons. The molecule has 0 aromatic carbocycles.